The number of alkyl halides is 3. The molecule has 0 aliphatic rings. The Hall–Kier alpha value is -0.990. The van der Waals surface area contributed by atoms with Crippen molar-refractivity contribution in [3.8, 4) is 0 Å². The molecule has 0 saturated carbocycles. The van der Waals surface area contributed by atoms with E-state index in [1.165, 1.54) is 20.8 Å². The summed E-state index contributed by atoms with van der Waals surface area (Å²) in [6, 6.07) is -1.42. The minimum atomic E-state index is -5.63. The minimum absolute atomic E-state index is 0.828. The Morgan fingerprint density at radius 3 is 1.80 bits per heavy atom. The van der Waals surface area contributed by atoms with Crippen molar-refractivity contribution in [2.24, 2.45) is 0 Å². The molecule has 0 rings (SSSR count). The first-order chi connectivity index (χ1) is 6.35. The first-order valence-corrected chi connectivity index (χ1v) is 5.25. The predicted molar refractivity (Wildman–Crippen MR) is 46.4 cm³/mol. The molecule has 0 aromatic heterocycles. The number of rotatable bonds is 1. The zero-order valence-electron chi connectivity index (χ0n) is 8.27. The third kappa shape index (κ3) is 4.86. The molecule has 0 aliphatic carbocycles. The monoisotopic (exact) mass is 248 g/mol. The SMILES string of the molecule is CC(C)(C)NC(=O)NS(=O)(=O)C(F)(F)F. The molecule has 0 saturated heterocycles. The zero-order chi connectivity index (χ0) is 12.5. The minimum Gasteiger partial charge on any atom is -0.333 e. The van der Waals surface area contributed by atoms with Gasteiger partial charge in [-0.2, -0.15) is 21.6 Å². The highest BCUT2D eigenvalue weighted by Gasteiger charge is 2.47. The van der Waals surface area contributed by atoms with E-state index in [0.29, 0.717) is 0 Å². The summed E-state index contributed by atoms with van der Waals surface area (Å²) < 4.78 is 57.1. The largest absolute Gasteiger partial charge is 0.516 e. The van der Waals surface area contributed by atoms with Gasteiger partial charge >= 0.3 is 21.6 Å². The van der Waals surface area contributed by atoms with Gasteiger partial charge in [0.15, 0.2) is 0 Å². The molecule has 0 atom stereocenters. The molecule has 0 unspecified atom stereocenters. The summed E-state index contributed by atoms with van der Waals surface area (Å²) in [6.45, 7) is 4.48. The topological polar surface area (TPSA) is 75.3 Å². The molecule has 0 bridgehead atoms. The van der Waals surface area contributed by atoms with Crippen LogP contribution in [0.15, 0.2) is 0 Å². The molecule has 9 heteroatoms. The number of hydrogen-bond donors (Lipinski definition) is 2. The number of carbonyl (C=O) groups is 1. The lowest BCUT2D eigenvalue weighted by Gasteiger charge is -2.20. The molecule has 0 radical (unpaired) electrons. The molecule has 90 valence electrons. The van der Waals surface area contributed by atoms with E-state index in [9.17, 15) is 26.4 Å². The van der Waals surface area contributed by atoms with Gasteiger partial charge in [-0.3, -0.25) is 0 Å². The normalized spacial score (nSPS) is 13.5. The van der Waals surface area contributed by atoms with Crippen molar-refractivity contribution < 1.29 is 26.4 Å². The number of halogens is 3. The molecule has 0 aromatic carbocycles. The molecule has 2 N–H and O–H groups in total. The fourth-order valence-corrected chi connectivity index (χ4v) is 0.957. The van der Waals surface area contributed by atoms with Gasteiger partial charge < -0.3 is 5.32 Å². The molecule has 0 fully saturated rings. The first kappa shape index (κ1) is 14.0. The van der Waals surface area contributed by atoms with E-state index in [2.05, 4.69) is 0 Å². The number of amides is 2. The van der Waals surface area contributed by atoms with Crippen LogP contribution in [0.4, 0.5) is 18.0 Å². The van der Waals surface area contributed by atoms with Crippen LogP contribution in [-0.2, 0) is 10.0 Å². The second kappa shape index (κ2) is 3.87. The summed E-state index contributed by atoms with van der Waals surface area (Å²) in [6.07, 6.45) is 0. The van der Waals surface area contributed by atoms with Crippen LogP contribution < -0.4 is 10.0 Å². The van der Waals surface area contributed by atoms with E-state index in [0.717, 1.165) is 4.72 Å². The maximum Gasteiger partial charge on any atom is 0.516 e. The van der Waals surface area contributed by atoms with Crippen molar-refractivity contribution in [1.29, 1.82) is 0 Å². The molecule has 0 spiro atoms. The molecule has 2 amide bonds. The van der Waals surface area contributed by atoms with Crippen molar-refractivity contribution >= 4 is 16.1 Å². The van der Waals surface area contributed by atoms with Gasteiger partial charge in [0.2, 0.25) is 0 Å². The predicted octanol–water partition coefficient (Wildman–Crippen LogP) is 0.934. The van der Waals surface area contributed by atoms with Gasteiger partial charge in [0.25, 0.3) is 0 Å². The lowest BCUT2D eigenvalue weighted by Crippen LogP contribution is -2.50. The molecule has 5 nitrogen and oxygen atoms in total. The van der Waals surface area contributed by atoms with Crippen LogP contribution in [0.5, 0.6) is 0 Å². The fourth-order valence-electron chi connectivity index (χ4n) is 0.546. The van der Waals surface area contributed by atoms with E-state index < -0.39 is 27.1 Å². The van der Waals surface area contributed by atoms with Crippen LogP contribution in [0.2, 0.25) is 0 Å². The Morgan fingerprint density at radius 1 is 1.13 bits per heavy atom. The Kier molecular flexibility index (Phi) is 3.62. The Morgan fingerprint density at radius 2 is 1.53 bits per heavy atom. The van der Waals surface area contributed by atoms with Crippen molar-refractivity contribution in [2.75, 3.05) is 0 Å². The third-order valence-corrected chi connectivity index (χ3v) is 2.08. The highest BCUT2D eigenvalue weighted by Crippen LogP contribution is 2.21. The van der Waals surface area contributed by atoms with Gasteiger partial charge in [-0.25, -0.2) is 9.52 Å². The van der Waals surface area contributed by atoms with E-state index in [4.69, 9.17) is 0 Å². The number of carbonyl (C=O) groups excluding carboxylic acids is 1. The van der Waals surface area contributed by atoms with Gasteiger partial charge in [-0.1, -0.05) is 0 Å². The Bertz CT molecular complexity index is 342. The number of nitrogens with one attached hydrogen (secondary N) is 2. The van der Waals surface area contributed by atoms with Crippen LogP contribution in [0.25, 0.3) is 0 Å². The van der Waals surface area contributed by atoms with Gasteiger partial charge in [0.05, 0.1) is 0 Å². The summed E-state index contributed by atoms with van der Waals surface area (Å²) in [5.74, 6) is 0. The standard InChI is InChI=1S/C6H11F3N2O3S/c1-5(2,3)10-4(12)11-15(13,14)6(7,8)9/h1-3H3,(H2,10,11,12). The second-order valence-corrected chi connectivity index (χ2v) is 5.43. The average Bonchev–Trinajstić information content (AvgIpc) is 1.75. The molecular formula is C6H11F3N2O3S. The number of urea groups is 1. The lowest BCUT2D eigenvalue weighted by molar-refractivity contribution is -0.0444. The summed E-state index contributed by atoms with van der Waals surface area (Å²) in [5, 5.41) is 2.02. The van der Waals surface area contributed by atoms with E-state index in [1.807, 2.05) is 5.32 Å². The summed E-state index contributed by atoms with van der Waals surface area (Å²) >= 11 is 0. The smallest absolute Gasteiger partial charge is 0.333 e. The van der Waals surface area contributed by atoms with Crippen molar-refractivity contribution in [2.45, 2.75) is 31.8 Å². The Balaban J connectivity index is 4.58. The molecular weight excluding hydrogens is 237 g/mol. The van der Waals surface area contributed by atoms with Crippen LogP contribution in [-0.4, -0.2) is 25.5 Å². The zero-order valence-corrected chi connectivity index (χ0v) is 9.08. The van der Waals surface area contributed by atoms with Crippen LogP contribution >= 0.6 is 0 Å². The van der Waals surface area contributed by atoms with Gasteiger partial charge in [0.1, 0.15) is 0 Å². The molecule has 0 aromatic rings. The third-order valence-electron chi connectivity index (χ3n) is 1.02. The van der Waals surface area contributed by atoms with Crippen molar-refractivity contribution in [3.05, 3.63) is 0 Å². The molecule has 15 heavy (non-hydrogen) atoms. The fraction of sp³-hybridized carbons (Fsp3) is 0.833. The average molecular weight is 248 g/mol. The van der Waals surface area contributed by atoms with Gasteiger partial charge in [-0.05, 0) is 20.8 Å². The van der Waals surface area contributed by atoms with Gasteiger partial charge in [0, 0.05) is 5.54 Å². The van der Waals surface area contributed by atoms with Crippen LogP contribution in [0.1, 0.15) is 20.8 Å². The summed E-state index contributed by atoms with van der Waals surface area (Å²) in [4.78, 5) is 10.8. The number of sulfonamides is 1. The van der Waals surface area contributed by atoms with E-state index in [-0.39, 0.29) is 0 Å². The van der Waals surface area contributed by atoms with E-state index in [1.54, 1.807) is 0 Å². The second-order valence-electron chi connectivity index (χ2n) is 3.76. The maximum atomic E-state index is 11.8. The van der Waals surface area contributed by atoms with Gasteiger partial charge in [-0.15, -0.1) is 0 Å². The maximum absolute atomic E-state index is 11.8. The van der Waals surface area contributed by atoms with Crippen LogP contribution in [0, 0.1) is 0 Å². The molecule has 0 aliphatic heterocycles. The van der Waals surface area contributed by atoms with Crippen LogP contribution in [0.3, 0.4) is 0 Å². The lowest BCUT2D eigenvalue weighted by atomic mass is 10.1. The van der Waals surface area contributed by atoms with Crippen molar-refractivity contribution in [1.82, 2.24) is 10.0 Å². The first-order valence-electron chi connectivity index (χ1n) is 3.76. The quantitative estimate of drug-likeness (QED) is 0.725. The highest BCUT2D eigenvalue weighted by atomic mass is 32.2. The number of hydrogen-bond acceptors (Lipinski definition) is 3. The van der Waals surface area contributed by atoms with Crippen molar-refractivity contribution in [3.63, 3.8) is 0 Å². The summed E-state index contributed by atoms with van der Waals surface area (Å²) in [7, 11) is -5.63. The Labute approximate surface area is 85.1 Å². The summed E-state index contributed by atoms with van der Waals surface area (Å²) in [5.41, 5.74) is -6.33. The highest BCUT2D eigenvalue weighted by molar-refractivity contribution is 7.90. The molecule has 0 heterocycles. The van der Waals surface area contributed by atoms with E-state index >= 15 is 0 Å².